The van der Waals surface area contributed by atoms with Gasteiger partial charge in [0, 0.05) is 6.61 Å². The molecule has 0 bridgehead atoms. The van der Waals surface area contributed by atoms with Crippen LogP contribution in [0.3, 0.4) is 0 Å². The summed E-state index contributed by atoms with van der Waals surface area (Å²) in [6.45, 7) is 0.660. The fourth-order valence-electron chi connectivity index (χ4n) is 4.07. The Hall–Kier alpha value is -1.94. The summed E-state index contributed by atoms with van der Waals surface area (Å²) in [5.74, 6) is 0.338. The van der Waals surface area contributed by atoms with Crippen LogP contribution in [0.2, 0.25) is 0 Å². The van der Waals surface area contributed by atoms with Crippen molar-refractivity contribution in [2.45, 2.75) is 75.5 Å². The van der Waals surface area contributed by atoms with Crippen LogP contribution in [0.4, 0.5) is 0 Å². The van der Waals surface area contributed by atoms with E-state index >= 15 is 0 Å². The minimum absolute atomic E-state index is 0.0379. The minimum atomic E-state index is -0.513. The molecule has 3 aliphatic rings. The number of nitrogens with zero attached hydrogens (tertiary/aromatic N) is 4. The van der Waals surface area contributed by atoms with Crippen molar-refractivity contribution in [2.75, 3.05) is 6.61 Å². The van der Waals surface area contributed by atoms with E-state index in [1.165, 1.54) is 19.3 Å². The molecule has 2 aliphatic carbocycles. The number of carbonyl (C=O) groups is 1. The average molecular weight is 343 g/mol. The van der Waals surface area contributed by atoms with E-state index in [9.17, 15) is 10.1 Å². The molecule has 0 radical (unpaired) electrons. The van der Waals surface area contributed by atoms with E-state index in [0.29, 0.717) is 12.5 Å². The third kappa shape index (κ3) is 3.28. The predicted molar refractivity (Wildman–Crippen MR) is 89.3 cm³/mol. The molecule has 2 saturated carbocycles. The fraction of sp³-hybridized carbons (Fsp3) is 0.778. The Bertz CT molecular complexity index is 663. The molecule has 0 spiro atoms. The SMILES string of the molecule is N#CC1(n2cc([C@H](NC(=O)C3CCCO3)C3CCCCC3)nn2)CC1. The van der Waals surface area contributed by atoms with Gasteiger partial charge in [-0.05, 0) is 44.4 Å². The summed E-state index contributed by atoms with van der Waals surface area (Å²) in [5.41, 5.74) is 0.265. The van der Waals surface area contributed by atoms with E-state index in [-0.39, 0.29) is 18.1 Å². The second-order valence-corrected chi connectivity index (χ2v) is 7.62. The number of nitrogens with one attached hydrogen (secondary N) is 1. The molecule has 1 saturated heterocycles. The van der Waals surface area contributed by atoms with Crippen LogP contribution in [0.15, 0.2) is 6.20 Å². The van der Waals surface area contributed by atoms with Crippen LogP contribution in [0.5, 0.6) is 0 Å². The van der Waals surface area contributed by atoms with Crippen molar-refractivity contribution >= 4 is 5.91 Å². The molecule has 4 rings (SSSR count). The van der Waals surface area contributed by atoms with Crippen LogP contribution >= 0.6 is 0 Å². The van der Waals surface area contributed by atoms with Crippen molar-refractivity contribution in [3.05, 3.63) is 11.9 Å². The van der Waals surface area contributed by atoms with Gasteiger partial charge in [-0.25, -0.2) is 4.68 Å². The zero-order chi connectivity index (χ0) is 17.3. The van der Waals surface area contributed by atoms with Gasteiger partial charge in [0.15, 0.2) is 5.54 Å². The van der Waals surface area contributed by atoms with Crippen molar-refractivity contribution in [1.82, 2.24) is 20.3 Å². The molecule has 134 valence electrons. The van der Waals surface area contributed by atoms with Crippen molar-refractivity contribution in [3.63, 3.8) is 0 Å². The van der Waals surface area contributed by atoms with Gasteiger partial charge < -0.3 is 10.1 Å². The molecular formula is C18H25N5O2. The van der Waals surface area contributed by atoms with Gasteiger partial charge in [-0.1, -0.05) is 24.5 Å². The monoisotopic (exact) mass is 343 g/mol. The highest BCUT2D eigenvalue weighted by Crippen LogP contribution is 2.43. The van der Waals surface area contributed by atoms with Gasteiger partial charge in [0.25, 0.3) is 0 Å². The van der Waals surface area contributed by atoms with Crippen molar-refractivity contribution in [3.8, 4) is 6.07 Å². The molecule has 2 atom stereocenters. The first kappa shape index (κ1) is 16.5. The zero-order valence-corrected chi connectivity index (χ0v) is 14.5. The molecule has 1 aromatic heterocycles. The maximum atomic E-state index is 12.6. The first-order valence-corrected chi connectivity index (χ1v) is 9.48. The van der Waals surface area contributed by atoms with Crippen LogP contribution in [-0.4, -0.2) is 33.6 Å². The normalized spacial score (nSPS) is 26.8. The predicted octanol–water partition coefficient (Wildman–Crippen LogP) is 2.21. The molecule has 3 fully saturated rings. The highest BCUT2D eigenvalue weighted by atomic mass is 16.5. The van der Waals surface area contributed by atoms with Gasteiger partial charge in [0.05, 0.1) is 18.3 Å². The summed E-state index contributed by atoms with van der Waals surface area (Å²) in [5, 5.41) is 21.1. The molecular weight excluding hydrogens is 318 g/mol. The van der Waals surface area contributed by atoms with Gasteiger partial charge in [0.1, 0.15) is 11.8 Å². The first-order chi connectivity index (χ1) is 12.2. The molecule has 0 aromatic carbocycles. The van der Waals surface area contributed by atoms with Crippen molar-refractivity contribution in [1.29, 1.82) is 5.26 Å². The largest absolute Gasteiger partial charge is 0.368 e. The number of hydrogen-bond donors (Lipinski definition) is 1. The number of hydrogen-bond acceptors (Lipinski definition) is 5. The average Bonchev–Trinajstić information content (AvgIpc) is 3.05. The lowest BCUT2D eigenvalue weighted by molar-refractivity contribution is -0.131. The number of nitriles is 1. The molecule has 1 N–H and O–H groups in total. The highest BCUT2D eigenvalue weighted by Gasteiger charge is 2.47. The maximum Gasteiger partial charge on any atom is 0.249 e. The number of carbonyl (C=O) groups excluding carboxylic acids is 1. The number of aromatic nitrogens is 3. The minimum Gasteiger partial charge on any atom is -0.368 e. The number of amides is 1. The second kappa shape index (κ2) is 6.75. The van der Waals surface area contributed by atoms with Crippen LogP contribution in [-0.2, 0) is 15.1 Å². The van der Waals surface area contributed by atoms with E-state index in [2.05, 4.69) is 21.7 Å². The Morgan fingerprint density at radius 1 is 1.32 bits per heavy atom. The van der Waals surface area contributed by atoms with E-state index < -0.39 is 5.54 Å². The highest BCUT2D eigenvalue weighted by molar-refractivity contribution is 5.81. The molecule has 2 heterocycles. The Morgan fingerprint density at radius 3 is 2.76 bits per heavy atom. The van der Waals surface area contributed by atoms with Crippen molar-refractivity contribution < 1.29 is 9.53 Å². The van der Waals surface area contributed by atoms with Gasteiger partial charge in [-0.3, -0.25) is 4.79 Å². The fourth-order valence-corrected chi connectivity index (χ4v) is 4.07. The summed E-state index contributed by atoms with van der Waals surface area (Å²) in [6.07, 6.45) is 10.7. The second-order valence-electron chi connectivity index (χ2n) is 7.62. The maximum absolute atomic E-state index is 12.6. The molecule has 1 unspecified atom stereocenters. The molecule has 25 heavy (non-hydrogen) atoms. The summed E-state index contributed by atoms with van der Waals surface area (Å²) in [4.78, 5) is 12.6. The Morgan fingerprint density at radius 2 is 2.12 bits per heavy atom. The summed E-state index contributed by atoms with van der Waals surface area (Å²) in [7, 11) is 0. The molecule has 1 aliphatic heterocycles. The van der Waals surface area contributed by atoms with Crippen LogP contribution < -0.4 is 5.32 Å². The smallest absolute Gasteiger partial charge is 0.249 e. The number of rotatable bonds is 5. The summed E-state index contributed by atoms with van der Waals surface area (Å²) in [6, 6.07) is 2.20. The number of ether oxygens (including phenoxy) is 1. The lowest BCUT2D eigenvalue weighted by atomic mass is 9.82. The quantitative estimate of drug-likeness (QED) is 0.885. The van der Waals surface area contributed by atoms with Crippen LogP contribution in [0.25, 0.3) is 0 Å². The van der Waals surface area contributed by atoms with Gasteiger partial charge in [-0.15, -0.1) is 5.10 Å². The van der Waals surface area contributed by atoms with E-state index in [0.717, 1.165) is 44.2 Å². The summed E-state index contributed by atoms with van der Waals surface area (Å²) >= 11 is 0. The van der Waals surface area contributed by atoms with Crippen LogP contribution in [0, 0.1) is 17.2 Å². The first-order valence-electron chi connectivity index (χ1n) is 9.48. The van der Waals surface area contributed by atoms with E-state index in [1.54, 1.807) is 4.68 Å². The lowest BCUT2D eigenvalue weighted by Crippen LogP contribution is -2.40. The topological polar surface area (TPSA) is 92.8 Å². The third-order valence-corrected chi connectivity index (χ3v) is 5.84. The van der Waals surface area contributed by atoms with Gasteiger partial charge >= 0.3 is 0 Å². The molecule has 1 aromatic rings. The Balaban J connectivity index is 1.54. The van der Waals surface area contributed by atoms with Crippen LogP contribution in [0.1, 0.15) is 69.5 Å². The lowest BCUT2D eigenvalue weighted by Gasteiger charge is -2.30. The molecule has 1 amide bonds. The molecule has 7 heteroatoms. The molecule has 7 nitrogen and oxygen atoms in total. The van der Waals surface area contributed by atoms with Crippen molar-refractivity contribution in [2.24, 2.45) is 5.92 Å². The zero-order valence-electron chi connectivity index (χ0n) is 14.5. The van der Waals surface area contributed by atoms with E-state index in [1.807, 2.05) is 6.20 Å². The Kier molecular flexibility index (Phi) is 4.46. The van der Waals surface area contributed by atoms with E-state index in [4.69, 9.17) is 4.74 Å². The van der Waals surface area contributed by atoms with Gasteiger partial charge in [0.2, 0.25) is 5.91 Å². The Labute approximate surface area is 147 Å². The van der Waals surface area contributed by atoms with Gasteiger partial charge in [-0.2, -0.15) is 5.26 Å². The third-order valence-electron chi connectivity index (χ3n) is 5.84. The summed E-state index contributed by atoms with van der Waals surface area (Å²) < 4.78 is 7.22. The standard InChI is InChI=1S/C18H25N5O2/c19-12-18(8-9-18)23-11-14(21-22-23)16(13-5-2-1-3-6-13)20-17(24)15-7-4-10-25-15/h11,13,15-16H,1-10H2,(H,20,24)/t15?,16-/m1/s1.